The molecule has 0 amide bonds. The molecule has 0 radical (unpaired) electrons. The van der Waals surface area contributed by atoms with E-state index in [1.165, 1.54) is 18.1 Å². The molecule has 4 aromatic rings. The number of imidazole rings is 1. The molecule has 2 aromatic carbocycles. The van der Waals surface area contributed by atoms with E-state index >= 15 is 0 Å². The average Bonchev–Trinajstić information content (AvgIpc) is 2.95. The number of nitrogens with one attached hydrogen (secondary N) is 1. The van der Waals surface area contributed by atoms with Crippen LogP contribution in [0.5, 0.6) is 0 Å². The van der Waals surface area contributed by atoms with Crippen molar-refractivity contribution >= 4 is 51.1 Å². The summed E-state index contributed by atoms with van der Waals surface area (Å²) in [7, 11) is 0. The zero-order valence-corrected chi connectivity index (χ0v) is 12.8. The van der Waals surface area contributed by atoms with Crippen LogP contribution in [-0.4, -0.2) is 19.9 Å². The van der Waals surface area contributed by atoms with E-state index in [9.17, 15) is 0 Å². The smallest absolute Gasteiger partial charge is 0.172 e. The van der Waals surface area contributed by atoms with Gasteiger partial charge in [-0.15, -0.1) is 0 Å². The van der Waals surface area contributed by atoms with Crippen molar-refractivity contribution < 1.29 is 0 Å². The van der Waals surface area contributed by atoms with Crippen LogP contribution in [0.3, 0.4) is 0 Å². The molecule has 4 rings (SSSR count). The van der Waals surface area contributed by atoms with E-state index in [2.05, 4.69) is 19.9 Å². The Balaban J connectivity index is 1.82. The van der Waals surface area contributed by atoms with Crippen LogP contribution >= 0.6 is 23.4 Å². The largest absolute Gasteiger partial charge is 0.382 e. The summed E-state index contributed by atoms with van der Waals surface area (Å²) in [5.41, 5.74) is 7.03. The lowest BCUT2D eigenvalue weighted by Gasteiger charge is -2.05. The van der Waals surface area contributed by atoms with Crippen LogP contribution in [0.25, 0.3) is 21.9 Å². The minimum Gasteiger partial charge on any atom is -0.382 e. The Kier molecular flexibility index (Phi) is 3.13. The van der Waals surface area contributed by atoms with Gasteiger partial charge in [-0.05, 0) is 17.5 Å². The highest BCUT2D eigenvalue weighted by molar-refractivity contribution is 7.99. The van der Waals surface area contributed by atoms with E-state index < -0.39 is 0 Å². The van der Waals surface area contributed by atoms with E-state index in [0.29, 0.717) is 17.0 Å². The first-order valence-electron chi connectivity index (χ1n) is 6.53. The normalized spacial score (nSPS) is 11.3. The lowest BCUT2D eigenvalue weighted by molar-refractivity contribution is 1.07. The van der Waals surface area contributed by atoms with Crippen molar-refractivity contribution in [2.24, 2.45) is 0 Å². The van der Waals surface area contributed by atoms with Crippen LogP contribution in [0.4, 0.5) is 5.82 Å². The van der Waals surface area contributed by atoms with Gasteiger partial charge in [0, 0.05) is 15.3 Å². The number of anilines is 1. The van der Waals surface area contributed by atoms with Crippen molar-refractivity contribution in [3.63, 3.8) is 0 Å². The highest BCUT2D eigenvalue weighted by Gasteiger charge is 2.11. The monoisotopic (exact) mass is 327 g/mol. The van der Waals surface area contributed by atoms with Crippen molar-refractivity contribution in [2.45, 2.75) is 10.1 Å². The van der Waals surface area contributed by atoms with Gasteiger partial charge in [-0.1, -0.05) is 47.6 Å². The summed E-state index contributed by atoms with van der Waals surface area (Å²) >= 11 is 7.76. The van der Waals surface area contributed by atoms with E-state index in [0.717, 1.165) is 25.8 Å². The Morgan fingerprint density at radius 3 is 2.68 bits per heavy atom. The van der Waals surface area contributed by atoms with E-state index in [4.69, 9.17) is 17.3 Å². The summed E-state index contributed by atoms with van der Waals surface area (Å²) in [4.78, 5) is 16.8. The first kappa shape index (κ1) is 13.4. The maximum absolute atomic E-state index is 6.25. The van der Waals surface area contributed by atoms with Gasteiger partial charge in [0.15, 0.2) is 22.1 Å². The number of aromatic nitrogens is 4. The van der Waals surface area contributed by atoms with Crippen LogP contribution < -0.4 is 5.73 Å². The van der Waals surface area contributed by atoms with Crippen LogP contribution in [0, 0.1) is 0 Å². The maximum atomic E-state index is 6.25. The minimum atomic E-state index is 0.370. The Bertz CT molecular complexity index is 998. The maximum Gasteiger partial charge on any atom is 0.172 e. The molecule has 0 saturated heterocycles. The molecule has 0 bridgehead atoms. The summed E-state index contributed by atoms with van der Waals surface area (Å²) in [6.07, 6.45) is 1.42. The number of halogens is 1. The lowest BCUT2D eigenvalue weighted by atomic mass is 10.1. The molecule has 0 atom stereocenters. The number of hydrogen-bond acceptors (Lipinski definition) is 5. The Hall–Kier alpha value is -2.31. The van der Waals surface area contributed by atoms with Gasteiger partial charge >= 0.3 is 0 Å². The molecule has 108 valence electrons. The summed E-state index contributed by atoms with van der Waals surface area (Å²) in [5, 5.41) is 3.55. The molecule has 7 heteroatoms. The Labute approximate surface area is 134 Å². The third-order valence-electron chi connectivity index (χ3n) is 3.33. The fraction of sp³-hybridized carbons (Fsp3) is 0. The second-order valence-electron chi connectivity index (χ2n) is 4.69. The van der Waals surface area contributed by atoms with Crippen molar-refractivity contribution in [3.8, 4) is 0 Å². The number of nitrogen functional groups attached to an aromatic ring is 1. The van der Waals surface area contributed by atoms with Crippen LogP contribution in [0.2, 0.25) is 5.02 Å². The highest BCUT2D eigenvalue weighted by atomic mass is 35.5. The van der Waals surface area contributed by atoms with Crippen molar-refractivity contribution in [1.29, 1.82) is 0 Å². The van der Waals surface area contributed by atoms with Crippen molar-refractivity contribution in [1.82, 2.24) is 19.9 Å². The predicted octanol–water partition coefficient (Wildman–Crippen LogP) is 3.89. The number of nitrogens with zero attached hydrogens (tertiary/aromatic N) is 3. The van der Waals surface area contributed by atoms with Gasteiger partial charge in [0.25, 0.3) is 0 Å². The summed E-state index contributed by atoms with van der Waals surface area (Å²) in [6, 6.07) is 11.9. The van der Waals surface area contributed by atoms with Gasteiger partial charge in [0.05, 0.1) is 0 Å². The summed E-state index contributed by atoms with van der Waals surface area (Å²) < 4.78 is 0. The zero-order chi connectivity index (χ0) is 15.1. The molecule has 0 fully saturated rings. The molecule has 0 aliphatic heterocycles. The standard InChI is InChI=1S/C15H10ClN5S/c16-10-5-6-11(9-4-2-1-3-8(9)10)22-15-20-12-13(17)18-7-19-14(12)21-15/h1-7H,(H3,17,18,19,20,21). The van der Waals surface area contributed by atoms with Crippen LogP contribution in [0.15, 0.2) is 52.8 Å². The van der Waals surface area contributed by atoms with Gasteiger partial charge < -0.3 is 10.7 Å². The average molecular weight is 328 g/mol. The summed E-state index contributed by atoms with van der Waals surface area (Å²) in [6.45, 7) is 0. The van der Waals surface area contributed by atoms with Crippen molar-refractivity contribution in [3.05, 3.63) is 47.7 Å². The van der Waals surface area contributed by atoms with Crippen LogP contribution in [-0.2, 0) is 0 Å². The van der Waals surface area contributed by atoms with Gasteiger partial charge in [0.1, 0.15) is 6.33 Å². The number of benzene rings is 2. The number of hydrogen-bond donors (Lipinski definition) is 2. The molecular weight excluding hydrogens is 318 g/mol. The van der Waals surface area contributed by atoms with Crippen molar-refractivity contribution in [2.75, 3.05) is 5.73 Å². The van der Waals surface area contributed by atoms with E-state index in [-0.39, 0.29) is 0 Å². The van der Waals surface area contributed by atoms with Gasteiger partial charge in [-0.2, -0.15) is 0 Å². The number of fused-ring (bicyclic) bond motifs is 2. The molecular formula is C15H10ClN5S. The molecule has 0 saturated carbocycles. The van der Waals surface area contributed by atoms with Crippen LogP contribution in [0.1, 0.15) is 0 Å². The SMILES string of the molecule is Nc1ncnc2[nH]c(Sc3ccc(Cl)c4ccccc34)nc12. The first-order valence-corrected chi connectivity index (χ1v) is 7.73. The molecule has 0 unspecified atom stereocenters. The quantitative estimate of drug-likeness (QED) is 0.583. The third kappa shape index (κ3) is 2.17. The Morgan fingerprint density at radius 1 is 1.05 bits per heavy atom. The van der Waals surface area contributed by atoms with Gasteiger partial charge in [-0.25, -0.2) is 15.0 Å². The molecule has 2 heterocycles. The molecule has 3 N–H and O–H groups in total. The topological polar surface area (TPSA) is 80.5 Å². The molecule has 0 aliphatic rings. The van der Waals surface area contributed by atoms with E-state index in [1.54, 1.807) is 0 Å². The molecule has 22 heavy (non-hydrogen) atoms. The first-order chi connectivity index (χ1) is 10.7. The second-order valence-corrected chi connectivity index (χ2v) is 6.13. The van der Waals surface area contributed by atoms with E-state index in [1.807, 2.05) is 36.4 Å². The lowest BCUT2D eigenvalue weighted by Crippen LogP contribution is -1.91. The second kappa shape index (κ2) is 5.15. The predicted molar refractivity (Wildman–Crippen MR) is 89.2 cm³/mol. The number of H-pyrrole nitrogens is 1. The molecule has 5 nitrogen and oxygen atoms in total. The number of aromatic amines is 1. The number of nitrogens with two attached hydrogens (primary N) is 1. The van der Waals surface area contributed by atoms with Gasteiger partial charge in [-0.3, -0.25) is 0 Å². The minimum absolute atomic E-state index is 0.370. The fourth-order valence-electron chi connectivity index (χ4n) is 2.30. The third-order valence-corrected chi connectivity index (χ3v) is 4.62. The van der Waals surface area contributed by atoms with Gasteiger partial charge in [0.2, 0.25) is 0 Å². The fourth-order valence-corrected chi connectivity index (χ4v) is 3.45. The number of rotatable bonds is 2. The summed E-state index contributed by atoms with van der Waals surface area (Å²) in [5.74, 6) is 0.370. The Morgan fingerprint density at radius 2 is 1.86 bits per heavy atom. The molecule has 0 aliphatic carbocycles. The molecule has 0 spiro atoms. The zero-order valence-electron chi connectivity index (χ0n) is 11.2. The molecule has 2 aromatic heterocycles. The highest BCUT2D eigenvalue weighted by Crippen LogP contribution is 2.35.